The number of esters is 3. The lowest BCUT2D eigenvalue weighted by Gasteiger charge is -2.28. The summed E-state index contributed by atoms with van der Waals surface area (Å²) in [6.07, 6.45) is -0.688. The number of ether oxygens (including phenoxy) is 3. The third kappa shape index (κ3) is 3.42. The lowest BCUT2D eigenvalue weighted by atomic mass is 9.85. The Morgan fingerprint density at radius 3 is 2.00 bits per heavy atom. The van der Waals surface area contributed by atoms with Crippen LogP contribution in [-0.4, -0.2) is 49.9 Å². The van der Waals surface area contributed by atoms with Crippen LogP contribution in [0.3, 0.4) is 0 Å². The number of carbonyl (C=O) groups excluding carboxylic acids is 3. The van der Waals surface area contributed by atoms with Gasteiger partial charge in [0.05, 0.1) is 33.7 Å². The maximum absolute atomic E-state index is 11.5. The van der Waals surface area contributed by atoms with Crippen molar-refractivity contribution in [2.24, 2.45) is 5.92 Å². The van der Waals surface area contributed by atoms with Gasteiger partial charge in [0.25, 0.3) is 0 Å². The Morgan fingerprint density at radius 1 is 1.12 bits per heavy atom. The fourth-order valence-electron chi connectivity index (χ4n) is 1.24. The quantitative estimate of drug-likeness (QED) is 0.505. The summed E-state index contributed by atoms with van der Waals surface area (Å²) < 4.78 is 13.1. The second-order valence-corrected chi connectivity index (χ2v) is 3.41. The molecule has 0 saturated carbocycles. The van der Waals surface area contributed by atoms with Crippen LogP contribution in [0, 0.1) is 5.92 Å². The Bertz CT molecular complexity index is 312. The zero-order valence-electron chi connectivity index (χ0n) is 10.2. The summed E-state index contributed by atoms with van der Waals surface area (Å²) in [5.41, 5.74) is -2.30. The van der Waals surface area contributed by atoms with Gasteiger partial charge in [-0.25, -0.2) is 4.79 Å². The topological polar surface area (TPSA) is 99.1 Å². The Balaban J connectivity index is 5.16. The summed E-state index contributed by atoms with van der Waals surface area (Å²) in [5.74, 6) is -4.02. The van der Waals surface area contributed by atoms with Crippen molar-refractivity contribution in [1.82, 2.24) is 0 Å². The fraction of sp³-hybridized carbons (Fsp3) is 0.700. The highest BCUT2D eigenvalue weighted by Crippen LogP contribution is 2.25. The van der Waals surface area contributed by atoms with Crippen LogP contribution in [-0.2, 0) is 28.6 Å². The molecule has 0 unspecified atom stereocenters. The number of hydrogen-bond donors (Lipinski definition) is 1. The van der Waals surface area contributed by atoms with Crippen molar-refractivity contribution in [2.75, 3.05) is 21.3 Å². The van der Waals surface area contributed by atoms with E-state index in [2.05, 4.69) is 14.2 Å². The van der Waals surface area contributed by atoms with Crippen molar-refractivity contribution in [3.8, 4) is 0 Å². The fourth-order valence-corrected chi connectivity index (χ4v) is 1.24. The van der Waals surface area contributed by atoms with Crippen molar-refractivity contribution < 1.29 is 33.7 Å². The third-order valence-electron chi connectivity index (χ3n) is 2.45. The third-order valence-corrected chi connectivity index (χ3v) is 2.45. The molecule has 0 aliphatic rings. The van der Waals surface area contributed by atoms with E-state index in [0.717, 1.165) is 21.3 Å². The first-order chi connectivity index (χ1) is 7.83. The molecule has 0 aliphatic heterocycles. The molecule has 0 fully saturated rings. The largest absolute Gasteiger partial charge is 0.469 e. The predicted octanol–water partition coefficient (Wildman–Crippen LogP) is -0.737. The van der Waals surface area contributed by atoms with Crippen molar-refractivity contribution in [3.63, 3.8) is 0 Å². The van der Waals surface area contributed by atoms with Crippen molar-refractivity contribution in [3.05, 3.63) is 0 Å². The second-order valence-electron chi connectivity index (χ2n) is 3.41. The van der Waals surface area contributed by atoms with Crippen molar-refractivity contribution >= 4 is 17.9 Å². The molecule has 17 heavy (non-hydrogen) atoms. The number of carbonyl (C=O) groups is 3. The molecule has 0 radical (unpaired) electrons. The molecule has 2 atom stereocenters. The van der Waals surface area contributed by atoms with E-state index >= 15 is 0 Å². The van der Waals surface area contributed by atoms with Gasteiger partial charge in [-0.2, -0.15) is 0 Å². The number of aliphatic hydroxyl groups is 1. The molecule has 0 bridgehead atoms. The van der Waals surface area contributed by atoms with Gasteiger partial charge in [0.1, 0.15) is 0 Å². The van der Waals surface area contributed by atoms with Crippen LogP contribution in [0.4, 0.5) is 0 Å². The molecule has 0 aromatic heterocycles. The molecule has 0 rings (SSSR count). The summed E-state index contributed by atoms with van der Waals surface area (Å²) in [7, 11) is 3.24. The Morgan fingerprint density at radius 2 is 1.65 bits per heavy atom. The molecular formula is C10H16O7. The minimum absolute atomic E-state index is 0.688. The van der Waals surface area contributed by atoms with Gasteiger partial charge in [-0.3, -0.25) is 9.59 Å². The number of rotatable bonds is 5. The normalized spacial score (nSPS) is 15.4. The van der Waals surface area contributed by atoms with Gasteiger partial charge < -0.3 is 19.3 Å². The molecule has 0 aromatic carbocycles. The summed E-state index contributed by atoms with van der Waals surface area (Å²) in [5, 5.41) is 10.1. The molecule has 7 heteroatoms. The van der Waals surface area contributed by atoms with Crippen LogP contribution in [0.2, 0.25) is 0 Å². The standard InChI is InChI=1S/C10H16O7/c1-6(8(12)16-3)10(14,9(13)17-4)5-7(11)15-2/h6,14H,5H2,1-4H3/t6-,10-/m0/s1. The first-order valence-corrected chi connectivity index (χ1v) is 4.78. The molecule has 1 N–H and O–H groups in total. The summed E-state index contributed by atoms with van der Waals surface area (Å²) in [4.78, 5) is 33.9. The lowest BCUT2D eigenvalue weighted by molar-refractivity contribution is -0.182. The van der Waals surface area contributed by atoms with E-state index in [0.29, 0.717) is 0 Å². The average Bonchev–Trinajstić information content (AvgIpc) is 2.35. The van der Waals surface area contributed by atoms with E-state index in [4.69, 9.17) is 0 Å². The minimum atomic E-state index is -2.30. The Kier molecular flexibility index (Phi) is 5.60. The van der Waals surface area contributed by atoms with Crippen LogP contribution in [0.1, 0.15) is 13.3 Å². The maximum atomic E-state index is 11.5. The zero-order chi connectivity index (χ0) is 13.6. The van der Waals surface area contributed by atoms with Crippen LogP contribution in [0.25, 0.3) is 0 Å². The van der Waals surface area contributed by atoms with Gasteiger partial charge in [0, 0.05) is 0 Å². The maximum Gasteiger partial charge on any atom is 0.339 e. The molecule has 0 saturated heterocycles. The smallest absolute Gasteiger partial charge is 0.339 e. The Hall–Kier alpha value is -1.63. The Labute approximate surface area is 98.6 Å². The monoisotopic (exact) mass is 248 g/mol. The molecule has 0 amide bonds. The highest BCUT2D eigenvalue weighted by molar-refractivity contribution is 5.91. The zero-order valence-corrected chi connectivity index (χ0v) is 10.2. The summed E-state index contributed by atoms with van der Waals surface area (Å²) >= 11 is 0. The van der Waals surface area contributed by atoms with E-state index in [9.17, 15) is 19.5 Å². The van der Waals surface area contributed by atoms with Crippen molar-refractivity contribution in [2.45, 2.75) is 18.9 Å². The van der Waals surface area contributed by atoms with Gasteiger partial charge in [0.2, 0.25) is 0 Å². The van der Waals surface area contributed by atoms with Crippen LogP contribution >= 0.6 is 0 Å². The number of hydrogen-bond acceptors (Lipinski definition) is 7. The van der Waals surface area contributed by atoms with E-state index < -0.39 is 35.8 Å². The highest BCUT2D eigenvalue weighted by Gasteiger charge is 2.49. The van der Waals surface area contributed by atoms with Crippen LogP contribution < -0.4 is 0 Å². The summed E-state index contributed by atoms with van der Waals surface area (Å²) in [6, 6.07) is 0. The lowest BCUT2D eigenvalue weighted by Crippen LogP contribution is -2.50. The van der Waals surface area contributed by atoms with Gasteiger partial charge in [0.15, 0.2) is 5.60 Å². The molecule has 7 nitrogen and oxygen atoms in total. The first-order valence-electron chi connectivity index (χ1n) is 4.78. The molecule has 0 spiro atoms. The SMILES string of the molecule is COC(=O)C[C@@](O)(C(=O)OC)[C@@H](C)C(=O)OC. The second kappa shape index (κ2) is 6.19. The van der Waals surface area contributed by atoms with E-state index in [1.54, 1.807) is 0 Å². The molecule has 0 aromatic rings. The van der Waals surface area contributed by atoms with Gasteiger partial charge in [-0.05, 0) is 6.92 Å². The van der Waals surface area contributed by atoms with E-state index in [-0.39, 0.29) is 0 Å². The van der Waals surface area contributed by atoms with E-state index in [1.807, 2.05) is 0 Å². The average molecular weight is 248 g/mol. The predicted molar refractivity (Wildman–Crippen MR) is 54.8 cm³/mol. The highest BCUT2D eigenvalue weighted by atomic mass is 16.6. The van der Waals surface area contributed by atoms with E-state index in [1.165, 1.54) is 6.92 Å². The minimum Gasteiger partial charge on any atom is -0.469 e. The number of methoxy groups -OCH3 is 3. The molecule has 98 valence electrons. The molecular weight excluding hydrogens is 232 g/mol. The first kappa shape index (κ1) is 15.4. The van der Waals surface area contributed by atoms with Crippen LogP contribution in [0.5, 0.6) is 0 Å². The van der Waals surface area contributed by atoms with Crippen molar-refractivity contribution in [1.29, 1.82) is 0 Å². The summed E-state index contributed by atoms with van der Waals surface area (Å²) in [6.45, 7) is 1.26. The van der Waals surface area contributed by atoms with Gasteiger partial charge in [-0.1, -0.05) is 0 Å². The van der Waals surface area contributed by atoms with Crippen LogP contribution in [0.15, 0.2) is 0 Å². The molecule has 0 aliphatic carbocycles. The molecule has 0 heterocycles. The van der Waals surface area contributed by atoms with Gasteiger partial charge in [-0.15, -0.1) is 0 Å². The van der Waals surface area contributed by atoms with Gasteiger partial charge >= 0.3 is 17.9 Å².